The van der Waals surface area contributed by atoms with E-state index < -0.39 is 0 Å². The molecule has 1 unspecified atom stereocenters. The van der Waals surface area contributed by atoms with Crippen LogP contribution in [0.5, 0.6) is 0 Å². The van der Waals surface area contributed by atoms with Crippen LogP contribution in [0.1, 0.15) is 38.2 Å². The number of nitrogens with two attached hydrogens (primary N) is 1. The summed E-state index contributed by atoms with van der Waals surface area (Å²) in [4.78, 5) is 2.40. The van der Waals surface area contributed by atoms with Gasteiger partial charge in [-0.25, -0.2) is 0 Å². The first-order chi connectivity index (χ1) is 9.17. The fraction of sp³-hybridized carbons (Fsp3) is 0.625. The highest BCUT2D eigenvalue weighted by atomic mass is 79.9. The van der Waals surface area contributed by atoms with E-state index in [9.17, 15) is 0 Å². The Morgan fingerprint density at radius 1 is 1.26 bits per heavy atom. The topological polar surface area (TPSA) is 29.3 Å². The van der Waals surface area contributed by atoms with Gasteiger partial charge in [-0.1, -0.05) is 47.5 Å². The minimum absolute atomic E-state index is 0.807. The highest BCUT2D eigenvalue weighted by molar-refractivity contribution is 9.10. The van der Waals surface area contributed by atoms with Crippen LogP contribution in [-0.2, 0) is 6.54 Å². The second-order valence-electron chi connectivity index (χ2n) is 5.32. The van der Waals surface area contributed by atoms with Gasteiger partial charge in [0.05, 0.1) is 0 Å². The van der Waals surface area contributed by atoms with Gasteiger partial charge < -0.3 is 10.6 Å². The first-order valence-corrected chi connectivity index (χ1v) is 8.08. The van der Waals surface area contributed by atoms with Crippen molar-refractivity contribution in [2.24, 2.45) is 11.7 Å². The molecule has 0 aliphatic heterocycles. The summed E-state index contributed by atoms with van der Waals surface area (Å²) in [5.74, 6) is 0.807. The van der Waals surface area contributed by atoms with E-state index >= 15 is 0 Å². The fourth-order valence-corrected chi connectivity index (χ4v) is 2.84. The van der Waals surface area contributed by atoms with Crippen molar-refractivity contribution in [2.75, 3.05) is 20.1 Å². The van der Waals surface area contributed by atoms with Crippen molar-refractivity contribution in [1.82, 2.24) is 4.90 Å². The average molecular weight is 327 g/mol. The van der Waals surface area contributed by atoms with Crippen LogP contribution in [0, 0.1) is 5.92 Å². The van der Waals surface area contributed by atoms with Gasteiger partial charge in [0, 0.05) is 11.0 Å². The number of hydrogen-bond acceptors (Lipinski definition) is 2. The molecule has 0 radical (unpaired) electrons. The zero-order chi connectivity index (χ0) is 14.1. The van der Waals surface area contributed by atoms with Crippen molar-refractivity contribution >= 4 is 15.9 Å². The molecule has 2 N–H and O–H groups in total. The molecule has 1 aromatic carbocycles. The Hall–Kier alpha value is -0.380. The predicted octanol–water partition coefficient (Wildman–Crippen LogP) is 4.04. The van der Waals surface area contributed by atoms with Crippen LogP contribution in [0.3, 0.4) is 0 Å². The minimum Gasteiger partial charge on any atom is -0.330 e. The molecule has 19 heavy (non-hydrogen) atoms. The molecule has 0 aromatic heterocycles. The van der Waals surface area contributed by atoms with Crippen LogP contribution in [0.15, 0.2) is 28.7 Å². The highest BCUT2D eigenvalue weighted by Gasteiger charge is 2.07. The van der Waals surface area contributed by atoms with Crippen molar-refractivity contribution in [2.45, 2.75) is 39.2 Å². The van der Waals surface area contributed by atoms with Crippen LogP contribution >= 0.6 is 15.9 Å². The molecule has 0 bridgehead atoms. The number of benzene rings is 1. The van der Waals surface area contributed by atoms with E-state index in [0.29, 0.717) is 0 Å². The summed E-state index contributed by atoms with van der Waals surface area (Å²) in [6.07, 6.45) is 4.99. The van der Waals surface area contributed by atoms with Crippen molar-refractivity contribution in [1.29, 1.82) is 0 Å². The molecule has 0 aliphatic carbocycles. The van der Waals surface area contributed by atoms with E-state index in [-0.39, 0.29) is 0 Å². The van der Waals surface area contributed by atoms with Crippen LogP contribution in [0.2, 0.25) is 0 Å². The lowest BCUT2D eigenvalue weighted by molar-refractivity contribution is 0.300. The zero-order valence-electron chi connectivity index (χ0n) is 12.2. The van der Waals surface area contributed by atoms with E-state index in [2.05, 4.69) is 59.1 Å². The summed E-state index contributed by atoms with van der Waals surface area (Å²) in [6.45, 7) is 5.26. The third-order valence-electron chi connectivity index (χ3n) is 3.70. The Morgan fingerprint density at radius 2 is 2.00 bits per heavy atom. The summed E-state index contributed by atoms with van der Waals surface area (Å²) in [5.41, 5.74) is 7.00. The van der Waals surface area contributed by atoms with Crippen LogP contribution in [0.25, 0.3) is 0 Å². The van der Waals surface area contributed by atoms with Gasteiger partial charge in [0.15, 0.2) is 0 Å². The number of halogens is 1. The summed E-state index contributed by atoms with van der Waals surface area (Å²) in [5, 5.41) is 0. The van der Waals surface area contributed by atoms with Gasteiger partial charge in [-0.15, -0.1) is 0 Å². The molecule has 3 heteroatoms. The van der Waals surface area contributed by atoms with E-state index in [1.807, 2.05) is 0 Å². The lowest BCUT2D eigenvalue weighted by Crippen LogP contribution is -2.20. The lowest BCUT2D eigenvalue weighted by Gasteiger charge is -2.19. The first-order valence-electron chi connectivity index (χ1n) is 7.29. The van der Waals surface area contributed by atoms with Gasteiger partial charge in [0.25, 0.3) is 0 Å². The maximum absolute atomic E-state index is 5.64. The summed E-state index contributed by atoms with van der Waals surface area (Å²) < 4.78 is 1.21. The molecule has 1 aromatic rings. The van der Waals surface area contributed by atoms with Crippen LogP contribution in [-0.4, -0.2) is 25.0 Å². The monoisotopic (exact) mass is 326 g/mol. The van der Waals surface area contributed by atoms with E-state index in [1.54, 1.807) is 0 Å². The SMILES string of the molecule is CCC(CCN)CCCN(C)Cc1ccccc1Br. The summed E-state index contributed by atoms with van der Waals surface area (Å²) in [7, 11) is 2.20. The second kappa shape index (κ2) is 9.51. The molecule has 2 nitrogen and oxygen atoms in total. The molecule has 0 amide bonds. The quantitative estimate of drug-likeness (QED) is 0.742. The molecule has 0 spiro atoms. The smallest absolute Gasteiger partial charge is 0.0241 e. The molecule has 108 valence electrons. The Morgan fingerprint density at radius 3 is 2.63 bits per heavy atom. The van der Waals surface area contributed by atoms with Crippen LogP contribution < -0.4 is 5.73 Å². The lowest BCUT2D eigenvalue weighted by atomic mass is 9.96. The van der Waals surface area contributed by atoms with Gasteiger partial charge in [-0.05, 0) is 56.9 Å². The van der Waals surface area contributed by atoms with Gasteiger partial charge in [-0.3, -0.25) is 0 Å². The third kappa shape index (κ3) is 6.55. The number of hydrogen-bond donors (Lipinski definition) is 1. The van der Waals surface area contributed by atoms with Crippen molar-refractivity contribution < 1.29 is 0 Å². The van der Waals surface area contributed by atoms with Crippen molar-refractivity contribution in [3.8, 4) is 0 Å². The molecule has 0 fully saturated rings. The second-order valence-corrected chi connectivity index (χ2v) is 6.18. The number of rotatable bonds is 9. The maximum atomic E-state index is 5.64. The van der Waals surface area contributed by atoms with Gasteiger partial charge >= 0.3 is 0 Å². The fourth-order valence-electron chi connectivity index (χ4n) is 2.43. The van der Waals surface area contributed by atoms with Gasteiger partial charge in [0.1, 0.15) is 0 Å². The molecule has 0 saturated heterocycles. The largest absolute Gasteiger partial charge is 0.330 e. The molecule has 0 heterocycles. The molecule has 0 saturated carbocycles. The normalized spacial score (nSPS) is 12.9. The summed E-state index contributed by atoms with van der Waals surface area (Å²) in [6, 6.07) is 8.45. The Labute approximate surface area is 126 Å². The third-order valence-corrected chi connectivity index (χ3v) is 4.48. The van der Waals surface area contributed by atoms with Gasteiger partial charge in [0.2, 0.25) is 0 Å². The van der Waals surface area contributed by atoms with Crippen LogP contribution in [0.4, 0.5) is 0 Å². The predicted molar refractivity (Wildman–Crippen MR) is 87.2 cm³/mol. The Kier molecular flexibility index (Phi) is 8.35. The van der Waals surface area contributed by atoms with E-state index in [0.717, 1.165) is 25.6 Å². The molecule has 1 rings (SSSR count). The molecule has 0 aliphatic rings. The molecular weight excluding hydrogens is 300 g/mol. The first kappa shape index (κ1) is 16.7. The highest BCUT2D eigenvalue weighted by Crippen LogP contribution is 2.18. The Balaban J connectivity index is 2.28. The minimum atomic E-state index is 0.807. The Bertz CT molecular complexity index is 354. The van der Waals surface area contributed by atoms with Crippen molar-refractivity contribution in [3.05, 3.63) is 34.3 Å². The van der Waals surface area contributed by atoms with Gasteiger partial charge in [-0.2, -0.15) is 0 Å². The maximum Gasteiger partial charge on any atom is 0.0241 e. The zero-order valence-corrected chi connectivity index (χ0v) is 13.8. The van der Waals surface area contributed by atoms with Crippen molar-refractivity contribution in [3.63, 3.8) is 0 Å². The summed E-state index contributed by atoms with van der Waals surface area (Å²) >= 11 is 3.61. The van der Waals surface area contributed by atoms with E-state index in [4.69, 9.17) is 5.73 Å². The molecule has 1 atom stereocenters. The molecular formula is C16H27BrN2. The standard InChI is InChI=1S/C16H27BrN2/c1-3-14(10-11-18)7-6-12-19(2)13-15-8-4-5-9-16(15)17/h4-5,8-9,14H,3,6-7,10-13,18H2,1-2H3. The number of nitrogens with zero attached hydrogens (tertiary/aromatic N) is 1. The average Bonchev–Trinajstić information content (AvgIpc) is 2.40. The van der Waals surface area contributed by atoms with E-state index in [1.165, 1.54) is 35.7 Å².